The molecule has 2 heterocycles. The molecule has 3 rings (SSSR count). The zero-order chi connectivity index (χ0) is 13.9. The van der Waals surface area contributed by atoms with E-state index >= 15 is 0 Å². The molecule has 20 heavy (non-hydrogen) atoms. The Hall–Kier alpha value is -1.35. The van der Waals surface area contributed by atoms with Crippen molar-refractivity contribution in [2.24, 2.45) is 11.7 Å². The molecule has 1 unspecified atom stereocenters. The first-order chi connectivity index (χ1) is 9.75. The molecule has 2 aromatic rings. The molecule has 0 bridgehead atoms. The van der Waals surface area contributed by atoms with Crippen molar-refractivity contribution in [3.05, 3.63) is 35.8 Å². The van der Waals surface area contributed by atoms with Gasteiger partial charge < -0.3 is 5.73 Å². The lowest BCUT2D eigenvalue weighted by molar-refractivity contribution is 0.323. The molecule has 1 aliphatic carbocycles. The standard InChI is InChI=1S/C17H25N3/c1-13-6-5-9-17-19-12-16(20(13)17)15(18)11-10-14-7-3-2-4-8-14/h5-6,9,12,14-15H,2-4,7-8,10-11,18H2,1H3. The van der Waals surface area contributed by atoms with E-state index in [9.17, 15) is 0 Å². The molecule has 2 N–H and O–H groups in total. The molecule has 3 nitrogen and oxygen atoms in total. The van der Waals surface area contributed by atoms with Crippen LogP contribution in [0.25, 0.3) is 5.65 Å². The first-order valence-electron chi connectivity index (χ1n) is 7.94. The second-order valence-electron chi connectivity index (χ2n) is 6.23. The van der Waals surface area contributed by atoms with Gasteiger partial charge in [0.1, 0.15) is 5.65 Å². The van der Waals surface area contributed by atoms with E-state index in [-0.39, 0.29) is 6.04 Å². The van der Waals surface area contributed by atoms with Gasteiger partial charge in [0, 0.05) is 11.7 Å². The normalized spacial score (nSPS) is 18.5. The Balaban J connectivity index is 1.70. The van der Waals surface area contributed by atoms with Crippen molar-refractivity contribution in [3.63, 3.8) is 0 Å². The highest BCUT2D eigenvalue weighted by molar-refractivity contribution is 5.42. The minimum Gasteiger partial charge on any atom is -0.323 e. The fourth-order valence-corrected chi connectivity index (χ4v) is 3.53. The summed E-state index contributed by atoms with van der Waals surface area (Å²) in [6.45, 7) is 2.12. The van der Waals surface area contributed by atoms with Crippen molar-refractivity contribution in [2.75, 3.05) is 0 Å². The van der Waals surface area contributed by atoms with E-state index in [1.54, 1.807) is 0 Å². The van der Waals surface area contributed by atoms with E-state index in [1.807, 2.05) is 12.3 Å². The second-order valence-corrected chi connectivity index (χ2v) is 6.23. The van der Waals surface area contributed by atoms with Gasteiger partial charge in [-0.2, -0.15) is 0 Å². The van der Waals surface area contributed by atoms with Crippen molar-refractivity contribution in [1.29, 1.82) is 0 Å². The quantitative estimate of drug-likeness (QED) is 0.913. The lowest BCUT2D eigenvalue weighted by atomic mass is 9.85. The Morgan fingerprint density at radius 1 is 1.30 bits per heavy atom. The van der Waals surface area contributed by atoms with E-state index in [0.29, 0.717) is 0 Å². The number of hydrogen-bond acceptors (Lipinski definition) is 2. The van der Waals surface area contributed by atoms with Gasteiger partial charge >= 0.3 is 0 Å². The predicted octanol–water partition coefficient (Wildman–Crippen LogP) is 4.00. The van der Waals surface area contributed by atoms with Gasteiger partial charge in [-0.15, -0.1) is 0 Å². The van der Waals surface area contributed by atoms with Crippen LogP contribution in [-0.4, -0.2) is 9.38 Å². The lowest BCUT2D eigenvalue weighted by Gasteiger charge is -2.23. The monoisotopic (exact) mass is 271 g/mol. The summed E-state index contributed by atoms with van der Waals surface area (Å²) >= 11 is 0. The van der Waals surface area contributed by atoms with E-state index in [2.05, 4.69) is 28.4 Å². The van der Waals surface area contributed by atoms with Crippen LogP contribution in [0, 0.1) is 12.8 Å². The lowest BCUT2D eigenvalue weighted by Crippen LogP contribution is -2.16. The van der Waals surface area contributed by atoms with Crippen molar-refractivity contribution in [3.8, 4) is 0 Å². The Kier molecular flexibility index (Phi) is 4.06. The van der Waals surface area contributed by atoms with E-state index in [0.717, 1.165) is 23.7 Å². The van der Waals surface area contributed by atoms with Crippen LogP contribution < -0.4 is 5.73 Å². The maximum atomic E-state index is 6.43. The zero-order valence-corrected chi connectivity index (χ0v) is 12.4. The number of hydrogen-bond donors (Lipinski definition) is 1. The fraction of sp³-hybridized carbons (Fsp3) is 0.588. The molecule has 0 amide bonds. The van der Waals surface area contributed by atoms with Crippen LogP contribution in [0.1, 0.15) is 62.4 Å². The summed E-state index contributed by atoms with van der Waals surface area (Å²) in [5.41, 5.74) is 9.81. The molecule has 1 aliphatic rings. The van der Waals surface area contributed by atoms with Crippen LogP contribution in [0.15, 0.2) is 24.4 Å². The largest absolute Gasteiger partial charge is 0.323 e. The van der Waals surface area contributed by atoms with Crippen LogP contribution in [0.3, 0.4) is 0 Å². The van der Waals surface area contributed by atoms with Gasteiger partial charge in [-0.1, -0.05) is 38.2 Å². The molecule has 1 saturated carbocycles. The summed E-state index contributed by atoms with van der Waals surface area (Å²) in [7, 11) is 0. The molecule has 0 aromatic carbocycles. The third-order valence-electron chi connectivity index (χ3n) is 4.74. The Bertz CT molecular complexity index is 567. The molecule has 0 radical (unpaired) electrons. The molecule has 108 valence electrons. The molecule has 3 heteroatoms. The van der Waals surface area contributed by atoms with E-state index in [4.69, 9.17) is 5.73 Å². The van der Waals surface area contributed by atoms with Gasteiger partial charge in [-0.3, -0.25) is 4.40 Å². The summed E-state index contributed by atoms with van der Waals surface area (Å²) in [6.07, 6.45) is 11.3. The minimum atomic E-state index is 0.105. The minimum absolute atomic E-state index is 0.105. The maximum Gasteiger partial charge on any atom is 0.137 e. The van der Waals surface area contributed by atoms with Crippen LogP contribution >= 0.6 is 0 Å². The molecule has 0 aliphatic heterocycles. The molecule has 1 atom stereocenters. The Labute approximate surface area is 121 Å². The smallest absolute Gasteiger partial charge is 0.137 e. The summed E-state index contributed by atoms with van der Waals surface area (Å²) in [4.78, 5) is 4.48. The van der Waals surface area contributed by atoms with Crippen molar-refractivity contribution in [2.45, 2.75) is 57.9 Å². The van der Waals surface area contributed by atoms with Crippen molar-refractivity contribution >= 4 is 5.65 Å². The van der Waals surface area contributed by atoms with Gasteiger partial charge in [0.05, 0.1) is 11.9 Å². The second kappa shape index (κ2) is 5.96. The highest BCUT2D eigenvalue weighted by atomic mass is 15.0. The van der Waals surface area contributed by atoms with Crippen LogP contribution in [0.4, 0.5) is 0 Å². The van der Waals surface area contributed by atoms with E-state index < -0.39 is 0 Å². The van der Waals surface area contributed by atoms with Crippen molar-refractivity contribution in [1.82, 2.24) is 9.38 Å². The van der Waals surface area contributed by atoms with Crippen LogP contribution in [-0.2, 0) is 0 Å². The summed E-state index contributed by atoms with van der Waals surface area (Å²) in [6, 6.07) is 6.32. The summed E-state index contributed by atoms with van der Waals surface area (Å²) in [5, 5.41) is 0. The fourth-order valence-electron chi connectivity index (χ4n) is 3.53. The maximum absolute atomic E-state index is 6.43. The average molecular weight is 271 g/mol. The number of fused-ring (bicyclic) bond motifs is 1. The third kappa shape index (κ3) is 2.73. The van der Waals surface area contributed by atoms with E-state index in [1.165, 1.54) is 44.2 Å². The average Bonchev–Trinajstić information content (AvgIpc) is 2.91. The number of rotatable bonds is 4. The number of aromatic nitrogens is 2. The number of aryl methyl sites for hydroxylation is 1. The van der Waals surface area contributed by atoms with Crippen molar-refractivity contribution < 1.29 is 0 Å². The van der Waals surface area contributed by atoms with Gasteiger partial charge in [0.15, 0.2) is 0 Å². The van der Waals surface area contributed by atoms with Gasteiger partial charge in [-0.25, -0.2) is 4.98 Å². The Morgan fingerprint density at radius 3 is 2.90 bits per heavy atom. The zero-order valence-electron chi connectivity index (χ0n) is 12.4. The van der Waals surface area contributed by atoms with Crippen LogP contribution in [0.2, 0.25) is 0 Å². The molecule has 0 saturated heterocycles. The first-order valence-corrected chi connectivity index (χ1v) is 7.94. The Morgan fingerprint density at radius 2 is 2.10 bits per heavy atom. The van der Waals surface area contributed by atoms with Gasteiger partial charge in [0.25, 0.3) is 0 Å². The molecular formula is C17H25N3. The molecular weight excluding hydrogens is 246 g/mol. The number of nitrogens with two attached hydrogens (primary N) is 1. The summed E-state index contributed by atoms with van der Waals surface area (Å²) < 4.78 is 2.20. The van der Waals surface area contributed by atoms with Gasteiger partial charge in [-0.05, 0) is 37.8 Å². The van der Waals surface area contributed by atoms with Gasteiger partial charge in [0.2, 0.25) is 0 Å². The third-order valence-corrected chi connectivity index (χ3v) is 4.74. The molecule has 2 aromatic heterocycles. The SMILES string of the molecule is Cc1cccc2ncc(C(N)CCC3CCCCC3)n12. The highest BCUT2D eigenvalue weighted by Gasteiger charge is 2.17. The highest BCUT2D eigenvalue weighted by Crippen LogP contribution is 2.30. The number of nitrogens with zero attached hydrogens (tertiary/aromatic N) is 2. The number of imidazole rings is 1. The molecule has 1 fully saturated rings. The van der Waals surface area contributed by atoms with Crippen LogP contribution in [0.5, 0.6) is 0 Å². The molecule has 0 spiro atoms. The predicted molar refractivity (Wildman–Crippen MR) is 82.7 cm³/mol. The summed E-state index contributed by atoms with van der Waals surface area (Å²) in [5.74, 6) is 0.898. The topological polar surface area (TPSA) is 43.3 Å². The first kappa shape index (κ1) is 13.6. The number of pyridine rings is 1.